The number of anilines is 1. The Labute approximate surface area is 203 Å². The Hall–Kier alpha value is -3.30. The molecule has 0 aliphatic carbocycles. The van der Waals surface area contributed by atoms with E-state index in [2.05, 4.69) is 32.6 Å². The molecule has 3 aromatic rings. The fraction of sp³-hybridized carbons (Fsp3) is 0.360. The highest BCUT2D eigenvalue weighted by molar-refractivity contribution is 7.10. The van der Waals surface area contributed by atoms with Gasteiger partial charge >= 0.3 is 11.8 Å². The zero-order valence-corrected chi connectivity index (χ0v) is 20.2. The number of amides is 2. The molecular weight excluding hydrogens is 452 g/mol. The lowest BCUT2D eigenvalue weighted by atomic mass is 10.0. The van der Waals surface area contributed by atoms with E-state index < -0.39 is 11.8 Å². The van der Waals surface area contributed by atoms with E-state index in [-0.39, 0.29) is 18.6 Å². The zero-order valence-electron chi connectivity index (χ0n) is 19.4. The Bertz CT molecular complexity index is 1060. The van der Waals surface area contributed by atoms with Gasteiger partial charge in [0.05, 0.1) is 31.6 Å². The van der Waals surface area contributed by atoms with Gasteiger partial charge in [-0.1, -0.05) is 18.2 Å². The number of nitrogens with one attached hydrogen (secondary N) is 2. The first-order valence-corrected chi connectivity index (χ1v) is 12.2. The third-order valence-electron chi connectivity index (χ3n) is 6.01. The number of ether oxygens (including phenoxy) is 1. The van der Waals surface area contributed by atoms with Crippen LogP contribution in [0.1, 0.15) is 23.6 Å². The van der Waals surface area contributed by atoms with Gasteiger partial charge in [0.1, 0.15) is 11.5 Å². The lowest BCUT2D eigenvalue weighted by molar-refractivity contribution is -0.140. The zero-order chi connectivity index (χ0) is 23.9. The van der Waals surface area contributed by atoms with E-state index in [9.17, 15) is 9.59 Å². The maximum atomic E-state index is 12.6. The van der Waals surface area contributed by atoms with Crippen LogP contribution in [-0.2, 0) is 16.1 Å². The van der Waals surface area contributed by atoms with E-state index in [1.165, 1.54) is 6.26 Å². The van der Waals surface area contributed by atoms with Crippen LogP contribution in [0, 0.1) is 0 Å². The summed E-state index contributed by atoms with van der Waals surface area (Å²) in [6.07, 6.45) is 1.53. The number of methoxy groups -OCH3 is 1. The molecule has 8 nitrogen and oxygen atoms in total. The van der Waals surface area contributed by atoms with Gasteiger partial charge in [-0.2, -0.15) is 0 Å². The number of benzene rings is 1. The third kappa shape index (κ3) is 5.60. The number of piperazine rings is 1. The van der Waals surface area contributed by atoms with Gasteiger partial charge in [0, 0.05) is 37.1 Å². The lowest BCUT2D eigenvalue weighted by Crippen LogP contribution is -2.53. The third-order valence-corrected chi connectivity index (χ3v) is 6.95. The Morgan fingerprint density at radius 2 is 1.85 bits per heavy atom. The highest BCUT2D eigenvalue weighted by Gasteiger charge is 2.32. The van der Waals surface area contributed by atoms with E-state index in [0.717, 1.165) is 42.5 Å². The maximum Gasteiger partial charge on any atom is 0.309 e. The molecule has 1 saturated heterocycles. The number of rotatable bonds is 8. The van der Waals surface area contributed by atoms with Crippen LogP contribution in [0.15, 0.2) is 64.6 Å². The van der Waals surface area contributed by atoms with Crippen molar-refractivity contribution in [3.8, 4) is 5.75 Å². The summed E-state index contributed by atoms with van der Waals surface area (Å²) in [5, 5.41) is 7.55. The van der Waals surface area contributed by atoms with Gasteiger partial charge in [-0.25, -0.2) is 0 Å². The standard InChI is InChI=1S/C25H30N4O4S/c1-18(27-25(31)24(30)26-17-19-7-5-15-33-19)23(22-10-6-16-34-22)29-13-11-28(12-14-29)20-8-3-4-9-21(20)32-2/h3-10,15-16,18,23H,11-14,17H2,1-2H3,(H,26,30)(H,27,31). The fourth-order valence-corrected chi connectivity index (χ4v) is 5.31. The summed E-state index contributed by atoms with van der Waals surface area (Å²) in [7, 11) is 1.69. The largest absolute Gasteiger partial charge is 0.495 e. The SMILES string of the molecule is COc1ccccc1N1CCN(C(c2cccs2)C(C)NC(=O)C(=O)NCc2ccco2)CC1. The van der Waals surface area contributed by atoms with Crippen LogP contribution in [0.5, 0.6) is 5.75 Å². The van der Waals surface area contributed by atoms with Gasteiger partial charge in [-0.15, -0.1) is 11.3 Å². The minimum absolute atomic E-state index is 0.0263. The summed E-state index contributed by atoms with van der Waals surface area (Å²) in [6.45, 7) is 5.46. The molecule has 180 valence electrons. The number of thiophene rings is 1. The number of carbonyl (C=O) groups excluding carboxylic acids is 2. The quantitative estimate of drug-likeness (QED) is 0.480. The molecule has 1 aliphatic rings. The van der Waals surface area contributed by atoms with E-state index in [4.69, 9.17) is 9.15 Å². The van der Waals surface area contributed by atoms with Crippen molar-refractivity contribution in [2.75, 3.05) is 38.2 Å². The van der Waals surface area contributed by atoms with Crippen molar-refractivity contribution in [2.24, 2.45) is 0 Å². The Balaban J connectivity index is 1.39. The topological polar surface area (TPSA) is 87.0 Å². The average Bonchev–Trinajstić information content (AvgIpc) is 3.58. The van der Waals surface area contributed by atoms with Crippen molar-refractivity contribution in [2.45, 2.75) is 25.6 Å². The number of para-hydroxylation sites is 2. The number of hydrogen-bond donors (Lipinski definition) is 2. The minimum atomic E-state index is -0.672. The Kier molecular flexibility index (Phi) is 7.87. The second-order valence-electron chi connectivity index (χ2n) is 8.18. The second-order valence-corrected chi connectivity index (χ2v) is 9.16. The van der Waals surface area contributed by atoms with Gasteiger partial charge in [0.25, 0.3) is 0 Å². The Morgan fingerprint density at radius 3 is 2.53 bits per heavy atom. The monoisotopic (exact) mass is 482 g/mol. The highest BCUT2D eigenvalue weighted by Crippen LogP contribution is 2.32. The normalized spacial score (nSPS) is 16.0. The summed E-state index contributed by atoms with van der Waals surface area (Å²) in [5.41, 5.74) is 1.09. The highest BCUT2D eigenvalue weighted by atomic mass is 32.1. The molecule has 34 heavy (non-hydrogen) atoms. The second kappa shape index (κ2) is 11.2. The summed E-state index contributed by atoms with van der Waals surface area (Å²) in [5.74, 6) is 0.146. The van der Waals surface area contributed by atoms with Gasteiger partial charge in [0.15, 0.2) is 0 Å². The first-order chi connectivity index (χ1) is 16.6. The fourth-order valence-electron chi connectivity index (χ4n) is 4.35. The van der Waals surface area contributed by atoms with Crippen molar-refractivity contribution in [3.05, 3.63) is 70.8 Å². The van der Waals surface area contributed by atoms with E-state index in [0.29, 0.717) is 5.76 Å². The number of carbonyl (C=O) groups is 2. The molecule has 2 N–H and O–H groups in total. The molecule has 2 aromatic heterocycles. The van der Waals surface area contributed by atoms with Crippen LogP contribution < -0.4 is 20.3 Å². The van der Waals surface area contributed by atoms with Crippen molar-refractivity contribution >= 4 is 28.8 Å². The molecule has 0 bridgehead atoms. The number of furan rings is 1. The Morgan fingerprint density at radius 1 is 1.06 bits per heavy atom. The molecule has 3 heterocycles. The molecule has 1 aromatic carbocycles. The average molecular weight is 483 g/mol. The molecule has 2 unspecified atom stereocenters. The van der Waals surface area contributed by atoms with Crippen LogP contribution >= 0.6 is 11.3 Å². The van der Waals surface area contributed by atoms with Gasteiger partial charge in [-0.05, 0) is 42.6 Å². The minimum Gasteiger partial charge on any atom is -0.495 e. The predicted octanol–water partition coefficient (Wildman–Crippen LogP) is 3.03. The molecule has 0 spiro atoms. The van der Waals surface area contributed by atoms with Crippen LogP contribution in [0.4, 0.5) is 5.69 Å². The van der Waals surface area contributed by atoms with E-state index in [1.54, 1.807) is 30.6 Å². The molecular formula is C25H30N4O4S. The van der Waals surface area contributed by atoms with Crippen molar-refractivity contribution in [1.82, 2.24) is 15.5 Å². The van der Waals surface area contributed by atoms with Crippen molar-refractivity contribution in [1.29, 1.82) is 0 Å². The molecule has 0 saturated carbocycles. The van der Waals surface area contributed by atoms with E-state index >= 15 is 0 Å². The van der Waals surface area contributed by atoms with Crippen LogP contribution in [-0.4, -0.2) is 56.0 Å². The first-order valence-electron chi connectivity index (χ1n) is 11.3. The predicted molar refractivity (Wildman–Crippen MR) is 132 cm³/mol. The smallest absolute Gasteiger partial charge is 0.309 e. The summed E-state index contributed by atoms with van der Waals surface area (Å²) in [6, 6.07) is 15.4. The summed E-state index contributed by atoms with van der Waals surface area (Å²) in [4.78, 5) is 30.8. The van der Waals surface area contributed by atoms with Crippen LogP contribution in [0.2, 0.25) is 0 Å². The molecule has 2 atom stereocenters. The van der Waals surface area contributed by atoms with Gasteiger partial charge in [0.2, 0.25) is 0 Å². The number of nitrogens with zero attached hydrogens (tertiary/aromatic N) is 2. The van der Waals surface area contributed by atoms with Crippen molar-refractivity contribution < 1.29 is 18.7 Å². The van der Waals surface area contributed by atoms with Gasteiger partial charge in [-0.3, -0.25) is 14.5 Å². The summed E-state index contributed by atoms with van der Waals surface area (Å²) < 4.78 is 10.7. The van der Waals surface area contributed by atoms with Crippen LogP contribution in [0.3, 0.4) is 0 Å². The molecule has 1 aliphatic heterocycles. The van der Waals surface area contributed by atoms with Crippen molar-refractivity contribution in [3.63, 3.8) is 0 Å². The number of hydrogen-bond acceptors (Lipinski definition) is 7. The summed E-state index contributed by atoms with van der Waals surface area (Å²) >= 11 is 1.66. The lowest BCUT2D eigenvalue weighted by Gasteiger charge is -2.42. The molecule has 4 rings (SSSR count). The maximum absolute atomic E-state index is 12.6. The molecule has 1 fully saturated rings. The molecule has 2 amide bonds. The van der Waals surface area contributed by atoms with Gasteiger partial charge < -0.3 is 24.7 Å². The van der Waals surface area contributed by atoms with Crippen LogP contribution in [0.25, 0.3) is 0 Å². The first kappa shape index (κ1) is 23.8. The molecule has 0 radical (unpaired) electrons. The molecule has 9 heteroatoms. The van der Waals surface area contributed by atoms with E-state index in [1.807, 2.05) is 36.6 Å².